The van der Waals surface area contributed by atoms with Gasteiger partial charge in [-0.05, 0) is 43.4 Å². The molecule has 5 nitrogen and oxygen atoms in total. The van der Waals surface area contributed by atoms with E-state index in [2.05, 4.69) is 0 Å². The minimum atomic E-state index is -0.881. The number of hydrogen-bond donors (Lipinski definition) is 1. The highest BCUT2D eigenvalue weighted by Gasteiger charge is 2.31. The second kappa shape index (κ2) is 6.66. The highest BCUT2D eigenvalue weighted by Crippen LogP contribution is 2.29. The van der Waals surface area contributed by atoms with E-state index in [0.29, 0.717) is 36.6 Å². The number of carboxylic acid groups (broad SMARTS) is 1. The van der Waals surface area contributed by atoms with Crippen molar-refractivity contribution in [2.24, 2.45) is 11.8 Å². The Morgan fingerprint density at radius 2 is 2.09 bits per heavy atom. The SMILES string of the molecule is O=C(O)[C@H]1CCN(C(=O)c2ccc(F)c(COCC3CC3)c2)C1. The standard InChI is InChI=1S/C17H20FNO4/c18-15-4-3-12(7-14(15)10-23-9-11-1-2-11)16(20)19-6-5-13(8-19)17(21)22/h3-4,7,11,13H,1-2,5-6,8-10H2,(H,21,22)/t13-/m0/s1. The number of carbonyl (C=O) groups excluding carboxylic acids is 1. The van der Waals surface area contributed by atoms with Crippen molar-refractivity contribution in [3.63, 3.8) is 0 Å². The van der Waals surface area contributed by atoms with Crippen molar-refractivity contribution in [1.29, 1.82) is 0 Å². The second-order valence-electron chi connectivity index (χ2n) is 6.34. The molecule has 0 bridgehead atoms. The van der Waals surface area contributed by atoms with Crippen LogP contribution in [0.2, 0.25) is 0 Å². The third-order valence-electron chi connectivity index (χ3n) is 4.43. The fourth-order valence-electron chi connectivity index (χ4n) is 2.77. The molecule has 1 saturated carbocycles. The molecule has 1 aromatic rings. The van der Waals surface area contributed by atoms with Crippen LogP contribution in [0.4, 0.5) is 4.39 Å². The van der Waals surface area contributed by atoms with Gasteiger partial charge in [-0.2, -0.15) is 0 Å². The average molecular weight is 321 g/mol. The van der Waals surface area contributed by atoms with Gasteiger partial charge in [0.25, 0.3) is 5.91 Å². The van der Waals surface area contributed by atoms with Gasteiger partial charge in [-0.3, -0.25) is 9.59 Å². The number of amides is 1. The van der Waals surface area contributed by atoms with Crippen LogP contribution in [0.1, 0.15) is 35.2 Å². The van der Waals surface area contributed by atoms with Gasteiger partial charge < -0.3 is 14.7 Å². The summed E-state index contributed by atoms with van der Waals surface area (Å²) in [5, 5.41) is 9.01. The molecule has 124 valence electrons. The molecule has 23 heavy (non-hydrogen) atoms. The maximum Gasteiger partial charge on any atom is 0.308 e. The van der Waals surface area contributed by atoms with Crippen molar-refractivity contribution >= 4 is 11.9 Å². The largest absolute Gasteiger partial charge is 0.481 e. The summed E-state index contributed by atoms with van der Waals surface area (Å²) in [6.45, 7) is 1.41. The molecule has 0 unspecified atom stereocenters. The molecular weight excluding hydrogens is 301 g/mol. The average Bonchev–Trinajstić information content (AvgIpc) is 3.21. The number of carboxylic acids is 1. The highest BCUT2D eigenvalue weighted by atomic mass is 19.1. The smallest absolute Gasteiger partial charge is 0.308 e. The van der Waals surface area contributed by atoms with E-state index < -0.39 is 11.9 Å². The zero-order chi connectivity index (χ0) is 16.4. The zero-order valence-electron chi connectivity index (χ0n) is 12.8. The van der Waals surface area contributed by atoms with E-state index in [4.69, 9.17) is 9.84 Å². The highest BCUT2D eigenvalue weighted by molar-refractivity contribution is 5.95. The second-order valence-corrected chi connectivity index (χ2v) is 6.34. The van der Waals surface area contributed by atoms with Crippen molar-refractivity contribution in [1.82, 2.24) is 4.90 Å². The van der Waals surface area contributed by atoms with Crippen LogP contribution in [0, 0.1) is 17.7 Å². The maximum absolute atomic E-state index is 13.8. The number of likely N-dealkylation sites (tertiary alicyclic amines) is 1. The Labute approximate surface area is 134 Å². The Balaban J connectivity index is 1.64. The fraction of sp³-hybridized carbons (Fsp3) is 0.529. The lowest BCUT2D eigenvalue weighted by Crippen LogP contribution is -2.30. The zero-order valence-corrected chi connectivity index (χ0v) is 12.8. The van der Waals surface area contributed by atoms with E-state index in [-0.39, 0.29) is 24.9 Å². The quantitative estimate of drug-likeness (QED) is 0.873. The number of halogens is 1. The van der Waals surface area contributed by atoms with Gasteiger partial charge in [-0.25, -0.2) is 4.39 Å². The lowest BCUT2D eigenvalue weighted by molar-refractivity contribution is -0.141. The summed E-state index contributed by atoms with van der Waals surface area (Å²) in [6, 6.07) is 4.22. The lowest BCUT2D eigenvalue weighted by Gasteiger charge is -2.16. The Bertz CT molecular complexity index is 615. The lowest BCUT2D eigenvalue weighted by atomic mass is 10.1. The number of aliphatic carboxylic acids is 1. The molecule has 1 heterocycles. The van der Waals surface area contributed by atoms with E-state index in [1.54, 1.807) is 0 Å². The van der Waals surface area contributed by atoms with Crippen LogP contribution in [0.3, 0.4) is 0 Å². The summed E-state index contributed by atoms with van der Waals surface area (Å²) in [5.74, 6) is -1.44. The van der Waals surface area contributed by atoms with Crippen LogP contribution in [-0.4, -0.2) is 41.6 Å². The summed E-state index contributed by atoms with van der Waals surface area (Å²) in [6.07, 6.45) is 2.79. The summed E-state index contributed by atoms with van der Waals surface area (Å²) in [7, 11) is 0. The third-order valence-corrected chi connectivity index (χ3v) is 4.43. The molecule has 2 aliphatic rings. The van der Waals surface area contributed by atoms with Gasteiger partial charge >= 0.3 is 5.97 Å². The van der Waals surface area contributed by atoms with Crippen molar-refractivity contribution in [3.05, 3.63) is 35.1 Å². The predicted molar refractivity (Wildman–Crippen MR) is 80.4 cm³/mol. The van der Waals surface area contributed by atoms with Crippen molar-refractivity contribution in [2.75, 3.05) is 19.7 Å². The predicted octanol–water partition coefficient (Wildman–Crippen LogP) is 2.30. The van der Waals surface area contributed by atoms with Crippen LogP contribution >= 0.6 is 0 Å². The van der Waals surface area contributed by atoms with Gasteiger partial charge in [0.2, 0.25) is 0 Å². The molecular formula is C17H20FNO4. The monoisotopic (exact) mass is 321 g/mol. The molecule has 1 saturated heterocycles. The molecule has 6 heteroatoms. The Hall–Kier alpha value is -1.95. The van der Waals surface area contributed by atoms with E-state index in [0.717, 1.165) is 0 Å². The minimum Gasteiger partial charge on any atom is -0.481 e. The topological polar surface area (TPSA) is 66.8 Å². The van der Waals surface area contributed by atoms with Crippen LogP contribution in [0.5, 0.6) is 0 Å². The molecule has 0 aromatic heterocycles. The molecule has 1 aliphatic carbocycles. The van der Waals surface area contributed by atoms with E-state index in [1.807, 2.05) is 0 Å². The molecule has 1 aromatic carbocycles. The first-order valence-corrected chi connectivity index (χ1v) is 7.93. The Kier molecular flexibility index (Phi) is 4.61. The molecule has 0 spiro atoms. The number of hydrogen-bond acceptors (Lipinski definition) is 3. The summed E-state index contributed by atoms with van der Waals surface area (Å²) >= 11 is 0. The Morgan fingerprint density at radius 1 is 1.30 bits per heavy atom. The third kappa shape index (κ3) is 3.88. The van der Waals surface area contributed by atoms with Crippen LogP contribution in [0.15, 0.2) is 18.2 Å². The summed E-state index contributed by atoms with van der Waals surface area (Å²) < 4.78 is 19.3. The summed E-state index contributed by atoms with van der Waals surface area (Å²) in [5.41, 5.74) is 0.743. The number of benzene rings is 1. The van der Waals surface area contributed by atoms with Gasteiger partial charge in [0.15, 0.2) is 0 Å². The molecule has 1 atom stereocenters. The molecule has 3 rings (SSSR count). The van der Waals surface area contributed by atoms with Crippen molar-refractivity contribution in [2.45, 2.75) is 25.9 Å². The van der Waals surface area contributed by atoms with Crippen LogP contribution in [-0.2, 0) is 16.1 Å². The van der Waals surface area contributed by atoms with Gasteiger partial charge in [-0.1, -0.05) is 0 Å². The van der Waals surface area contributed by atoms with Gasteiger partial charge in [0.05, 0.1) is 12.5 Å². The van der Waals surface area contributed by atoms with Gasteiger partial charge in [0, 0.05) is 30.8 Å². The normalized spacial score (nSPS) is 20.7. The number of carbonyl (C=O) groups is 2. The molecule has 1 aliphatic heterocycles. The van der Waals surface area contributed by atoms with E-state index in [9.17, 15) is 14.0 Å². The van der Waals surface area contributed by atoms with Crippen LogP contribution in [0.25, 0.3) is 0 Å². The first-order valence-electron chi connectivity index (χ1n) is 7.93. The Morgan fingerprint density at radius 3 is 2.74 bits per heavy atom. The van der Waals surface area contributed by atoms with Crippen molar-refractivity contribution < 1.29 is 23.8 Å². The first kappa shape index (κ1) is 15.9. The van der Waals surface area contributed by atoms with E-state index >= 15 is 0 Å². The van der Waals surface area contributed by atoms with Crippen molar-refractivity contribution in [3.8, 4) is 0 Å². The number of ether oxygens (including phenoxy) is 1. The first-order chi connectivity index (χ1) is 11.0. The number of rotatable bonds is 6. The number of nitrogens with zero attached hydrogens (tertiary/aromatic N) is 1. The van der Waals surface area contributed by atoms with Gasteiger partial charge in [0.1, 0.15) is 5.82 Å². The van der Waals surface area contributed by atoms with Crippen LogP contribution < -0.4 is 0 Å². The van der Waals surface area contributed by atoms with E-state index in [1.165, 1.54) is 35.9 Å². The minimum absolute atomic E-state index is 0.154. The maximum atomic E-state index is 13.8. The summed E-state index contributed by atoms with van der Waals surface area (Å²) in [4.78, 5) is 24.9. The van der Waals surface area contributed by atoms with Gasteiger partial charge in [-0.15, -0.1) is 0 Å². The molecule has 2 fully saturated rings. The molecule has 1 N–H and O–H groups in total. The fourth-order valence-corrected chi connectivity index (χ4v) is 2.77. The molecule has 1 amide bonds. The molecule has 0 radical (unpaired) electrons.